The van der Waals surface area contributed by atoms with Gasteiger partial charge in [0.1, 0.15) is 5.69 Å². The van der Waals surface area contributed by atoms with Gasteiger partial charge in [0.05, 0.1) is 10.6 Å². The minimum atomic E-state index is -1.13. The van der Waals surface area contributed by atoms with Crippen LogP contribution in [0.15, 0.2) is 12.3 Å². The van der Waals surface area contributed by atoms with E-state index in [-0.39, 0.29) is 28.2 Å². The summed E-state index contributed by atoms with van der Waals surface area (Å²) in [6.45, 7) is 6.18. The van der Waals surface area contributed by atoms with Gasteiger partial charge < -0.3 is 10.0 Å². The minimum Gasteiger partial charge on any atom is -0.478 e. The molecule has 0 aromatic carbocycles. The number of aromatic nitrogens is 1. The molecule has 1 amide bonds. The maximum Gasteiger partial charge on any atom is 0.337 e. The summed E-state index contributed by atoms with van der Waals surface area (Å²) in [5, 5.41) is 8.84. The monoisotopic (exact) mass is 270 g/mol. The number of carbonyl (C=O) groups is 2. The summed E-state index contributed by atoms with van der Waals surface area (Å²) >= 11 is 5.90. The van der Waals surface area contributed by atoms with E-state index >= 15 is 0 Å². The molecule has 0 atom stereocenters. The van der Waals surface area contributed by atoms with Crippen molar-refractivity contribution in [2.24, 2.45) is 0 Å². The predicted octanol–water partition coefficient (Wildman–Crippen LogP) is 2.30. The lowest BCUT2D eigenvalue weighted by atomic mass is 10.2. The molecule has 18 heavy (non-hydrogen) atoms. The third kappa shape index (κ3) is 2.98. The third-order valence-electron chi connectivity index (χ3n) is 2.52. The molecule has 0 saturated carbocycles. The van der Waals surface area contributed by atoms with E-state index in [4.69, 9.17) is 16.7 Å². The Morgan fingerprint density at radius 3 is 2.50 bits per heavy atom. The topological polar surface area (TPSA) is 70.5 Å². The largest absolute Gasteiger partial charge is 0.478 e. The molecule has 0 aliphatic carbocycles. The number of carboxylic acids is 1. The Labute approximate surface area is 110 Å². The standard InChI is InChI=1S/C12H15ClN2O3/c1-4-15(7(2)3)11(16)10-9(13)5-8(6-14-10)12(17)18/h5-7H,4H2,1-3H3,(H,17,18). The Hall–Kier alpha value is -1.62. The normalized spacial score (nSPS) is 10.5. The fourth-order valence-corrected chi connectivity index (χ4v) is 1.84. The number of nitrogens with zero attached hydrogens (tertiary/aromatic N) is 2. The number of halogens is 1. The van der Waals surface area contributed by atoms with Crippen LogP contribution in [0.3, 0.4) is 0 Å². The number of aromatic carboxylic acids is 1. The van der Waals surface area contributed by atoms with Crippen LogP contribution in [0.5, 0.6) is 0 Å². The fraction of sp³-hybridized carbons (Fsp3) is 0.417. The highest BCUT2D eigenvalue weighted by Crippen LogP contribution is 2.18. The molecule has 1 rings (SSSR count). The van der Waals surface area contributed by atoms with Crippen molar-refractivity contribution in [1.82, 2.24) is 9.88 Å². The average Bonchev–Trinajstić information content (AvgIpc) is 2.28. The van der Waals surface area contributed by atoms with Gasteiger partial charge in [0, 0.05) is 18.8 Å². The first-order valence-electron chi connectivity index (χ1n) is 5.58. The van der Waals surface area contributed by atoms with Crippen molar-refractivity contribution in [1.29, 1.82) is 0 Å². The van der Waals surface area contributed by atoms with Gasteiger partial charge in [-0.15, -0.1) is 0 Å². The smallest absolute Gasteiger partial charge is 0.337 e. The molecule has 0 radical (unpaired) electrons. The van der Waals surface area contributed by atoms with E-state index in [0.717, 1.165) is 6.20 Å². The molecule has 1 heterocycles. The Bertz CT molecular complexity index is 474. The summed E-state index contributed by atoms with van der Waals surface area (Å²) in [7, 11) is 0. The maximum atomic E-state index is 12.2. The average molecular weight is 271 g/mol. The molecule has 0 saturated heterocycles. The molecule has 1 N–H and O–H groups in total. The molecule has 0 fully saturated rings. The first kappa shape index (κ1) is 14.4. The van der Waals surface area contributed by atoms with Gasteiger partial charge in [-0.05, 0) is 26.8 Å². The van der Waals surface area contributed by atoms with Crippen LogP contribution >= 0.6 is 11.6 Å². The summed E-state index contributed by atoms with van der Waals surface area (Å²) in [6.07, 6.45) is 1.13. The number of amides is 1. The van der Waals surface area contributed by atoms with Crippen LogP contribution in [-0.2, 0) is 0 Å². The summed E-state index contributed by atoms with van der Waals surface area (Å²) in [6, 6.07) is 1.26. The molecule has 0 aliphatic rings. The molecular weight excluding hydrogens is 256 g/mol. The second-order valence-electron chi connectivity index (χ2n) is 4.04. The lowest BCUT2D eigenvalue weighted by Crippen LogP contribution is -2.37. The SMILES string of the molecule is CCN(C(=O)c1ncc(C(=O)O)cc1Cl)C(C)C. The van der Waals surface area contributed by atoms with Gasteiger partial charge in [0.2, 0.25) is 0 Å². The predicted molar refractivity (Wildman–Crippen MR) is 68.1 cm³/mol. The van der Waals surface area contributed by atoms with Crippen molar-refractivity contribution < 1.29 is 14.7 Å². The van der Waals surface area contributed by atoms with Crippen LogP contribution in [0, 0.1) is 0 Å². The van der Waals surface area contributed by atoms with Gasteiger partial charge >= 0.3 is 5.97 Å². The minimum absolute atomic E-state index is 0.0273. The van der Waals surface area contributed by atoms with E-state index in [1.165, 1.54) is 6.07 Å². The van der Waals surface area contributed by atoms with Crippen LogP contribution in [0.25, 0.3) is 0 Å². The zero-order chi connectivity index (χ0) is 13.9. The van der Waals surface area contributed by atoms with Gasteiger partial charge in [-0.25, -0.2) is 9.78 Å². The van der Waals surface area contributed by atoms with E-state index in [1.807, 2.05) is 20.8 Å². The van der Waals surface area contributed by atoms with E-state index in [0.29, 0.717) is 6.54 Å². The molecule has 0 aliphatic heterocycles. The van der Waals surface area contributed by atoms with Crippen molar-refractivity contribution in [3.05, 3.63) is 28.5 Å². The molecule has 5 nitrogen and oxygen atoms in total. The van der Waals surface area contributed by atoms with Crippen LogP contribution < -0.4 is 0 Å². The second kappa shape index (κ2) is 5.82. The third-order valence-corrected chi connectivity index (χ3v) is 2.80. The lowest BCUT2D eigenvalue weighted by molar-refractivity contribution is 0.0686. The summed E-state index contributed by atoms with van der Waals surface area (Å²) in [4.78, 5) is 28.3. The number of rotatable bonds is 4. The summed E-state index contributed by atoms with van der Waals surface area (Å²) in [5.41, 5.74) is 0.0429. The highest BCUT2D eigenvalue weighted by atomic mass is 35.5. The van der Waals surface area contributed by atoms with Crippen molar-refractivity contribution in [2.75, 3.05) is 6.54 Å². The van der Waals surface area contributed by atoms with Crippen molar-refractivity contribution in [2.45, 2.75) is 26.8 Å². The molecule has 6 heteroatoms. The van der Waals surface area contributed by atoms with Gasteiger partial charge in [-0.2, -0.15) is 0 Å². The zero-order valence-corrected chi connectivity index (χ0v) is 11.2. The van der Waals surface area contributed by atoms with Gasteiger partial charge in [0.25, 0.3) is 5.91 Å². The van der Waals surface area contributed by atoms with Crippen molar-refractivity contribution in [3.63, 3.8) is 0 Å². The second-order valence-corrected chi connectivity index (χ2v) is 4.45. The zero-order valence-electron chi connectivity index (χ0n) is 10.5. The molecule has 0 spiro atoms. The van der Waals surface area contributed by atoms with Crippen molar-refractivity contribution >= 4 is 23.5 Å². The Balaban J connectivity index is 3.10. The van der Waals surface area contributed by atoms with Crippen LogP contribution in [0.4, 0.5) is 0 Å². The number of pyridine rings is 1. The van der Waals surface area contributed by atoms with Gasteiger partial charge in [-0.1, -0.05) is 11.6 Å². The maximum absolute atomic E-state index is 12.2. The Morgan fingerprint density at radius 1 is 1.50 bits per heavy atom. The van der Waals surface area contributed by atoms with Gasteiger partial charge in [-0.3, -0.25) is 4.79 Å². The fourth-order valence-electron chi connectivity index (χ4n) is 1.59. The summed E-state index contributed by atoms with van der Waals surface area (Å²) in [5.74, 6) is -1.42. The molecular formula is C12H15ClN2O3. The number of carbonyl (C=O) groups excluding carboxylic acids is 1. The molecule has 98 valence electrons. The highest BCUT2D eigenvalue weighted by molar-refractivity contribution is 6.33. The number of carboxylic acid groups (broad SMARTS) is 1. The molecule has 1 aromatic rings. The number of hydrogen-bond donors (Lipinski definition) is 1. The molecule has 0 bridgehead atoms. The van der Waals surface area contributed by atoms with E-state index in [2.05, 4.69) is 4.98 Å². The van der Waals surface area contributed by atoms with E-state index in [9.17, 15) is 9.59 Å². The molecule has 0 unspecified atom stereocenters. The van der Waals surface area contributed by atoms with Crippen molar-refractivity contribution in [3.8, 4) is 0 Å². The summed E-state index contributed by atoms with van der Waals surface area (Å²) < 4.78 is 0. The van der Waals surface area contributed by atoms with Crippen LogP contribution in [0.2, 0.25) is 5.02 Å². The number of hydrogen-bond acceptors (Lipinski definition) is 3. The van der Waals surface area contributed by atoms with Crippen LogP contribution in [-0.4, -0.2) is 39.5 Å². The first-order valence-corrected chi connectivity index (χ1v) is 5.96. The first-order chi connectivity index (χ1) is 8.38. The Morgan fingerprint density at radius 2 is 2.11 bits per heavy atom. The lowest BCUT2D eigenvalue weighted by Gasteiger charge is -2.25. The van der Waals surface area contributed by atoms with E-state index in [1.54, 1.807) is 4.90 Å². The van der Waals surface area contributed by atoms with Crippen LogP contribution in [0.1, 0.15) is 41.6 Å². The quantitative estimate of drug-likeness (QED) is 0.911. The van der Waals surface area contributed by atoms with Gasteiger partial charge in [0.15, 0.2) is 0 Å². The highest BCUT2D eigenvalue weighted by Gasteiger charge is 2.21. The molecule has 1 aromatic heterocycles. The van der Waals surface area contributed by atoms with E-state index < -0.39 is 5.97 Å². The Kier molecular flexibility index (Phi) is 4.67.